The predicted octanol–water partition coefficient (Wildman–Crippen LogP) is 4.09. The van der Waals surface area contributed by atoms with Crippen molar-refractivity contribution in [3.63, 3.8) is 0 Å². The molecule has 2 rings (SSSR count). The zero-order valence-electron chi connectivity index (χ0n) is 13.5. The molecule has 0 bridgehead atoms. The van der Waals surface area contributed by atoms with Crippen LogP contribution in [-0.4, -0.2) is 16.4 Å². The van der Waals surface area contributed by atoms with E-state index in [2.05, 4.69) is 16.9 Å². The van der Waals surface area contributed by atoms with Gasteiger partial charge in [0, 0.05) is 22.7 Å². The fourth-order valence-electron chi connectivity index (χ4n) is 2.09. The van der Waals surface area contributed by atoms with E-state index in [1.165, 1.54) is 4.88 Å². The van der Waals surface area contributed by atoms with Crippen molar-refractivity contribution in [2.45, 2.75) is 38.0 Å². The van der Waals surface area contributed by atoms with E-state index in [9.17, 15) is 4.55 Å². The third-order valence-corrected chi connectivity index (χ3v) is 5.91. The monoisotopic (exact) mass is 337 g/mol. The Morgan fingerprint density at radius 3 is 2.55 bits per heavy atom. The van der Waals surface area contributed by atoms with Crippen LogP contribution in [-0.2, 0) is 17.8 Å². The van der Waals surface area contributed by atoms with E-state index < -0.39 is 11.4 Å². The highest BCUT2D eigenvalue weighted by Crippen LogP contribution is 2.29. The van der Waals surface area contributed by atoms with Crippen molar-refractivity contribution in [3.8, 4) is 5.75 Å². The van der Waals surface area contributed by atoms with Gasteiger partial charge in [-0.2, -0.15) is 0 Å². The number of rotatable bonds is 6. The van der Waals surface area contributed by atoms with Crippen molar-refractivity contribution in [1.82, 2.24) is 4.72 Å². The third-order valence-electron chi connectivity index (χ3n) is 3.31. The van der Waals surface area contributed by atoms with Gasteiger partial charge in [-0.05, 0) is 43.8 Å². The minimum absolute atomic E-state index is 0.0105. The molecular formula is C17H23NO2S2. The van der Waals surface area contributed by atoms with Crippen molar-refractivity contribution < 1.29 is 9.29 Å². The first-order valence-corrected chi connectivity index (χ1v) is 9.28. The van der Waals surface area contributed by atoms with Crippen molar-refractivity contribution in [3.05, 3.63) is 52.2 Å². The molecule has 1 N–H and O–H groups in total. The third kappa shape index (κ3) is 4.49. The maximum absolute atomic E-state index is 12.5. The standard InChI is InChI=1S/C17H23NO2S2/c1-17(2,3)22(19)18-14(16-10-7-11-21-16)12-13-8-5-6-9-15(13)20-4/h5-11,14,18H,12H2,1-4H3/t14-,22?/m1/s1. The van der Waals surface area contributed by atoms with Gasteiger partial charge in [0.1, 0.15) is 10.5 Å². The topological polar surface area (TPSA) is 44.3 Å². The SMILES string of the molecule is COc1ccccc1C[C@@H](N[S+]([O-])C(C)(C)C)c1cccs1. The molecule has 0 aliphatic heterocycles. The van der Waals surface area contributed by atoms with Crippen LogP contribution >= 0.6 is 11.3 Å². The van der Waals surface area contributed by atoms with Gasteiger partial charge in [0.05, 0.1) is 13.2 Å². The Bertz CT molecular complexity index is 579. The molecule has 22 heavy (non-hydrogen) atoms. The molecule has 0 amide bonds. The molecule has 0 saturated heterocycles. The molecule has 0 aliphatic rings. The van der Waals surface area contributed by atoms with Gasteiger partial charge < -0.3 is 9.29 Å². The molecule has 0 radical (unpaired) electrons. The van der Waals surface area contributed by atoms with E-state index >= 15 is 0 Å². The highest BCUT2D eigenvalue weighted by Gasteiger charge is 2.30. The van der Waals surface area contributed by atoms with Crippen molar-refractivity contribution in [1.29, 1.82) is 0 Å². The van der Waals surface area contributed by atoms with Crippen molar-refractivity contribution in [2.75, 3.05) is 7.11 Å². The maximum atomic E-state index is 12.5. The minimum Gasteiger partial charge on any atom is -0.598 e. The average molecular weight is 338 g/mol. The fraction of sp³-hybridized carbons (Fsp3) is 0.412. The summed E-state index contributed by atoms with van der Waals surface area (Å²) in [6, 6.07) is 12.1. The highest BCUT2D eigenvalue weighted by molar-refractivity contribution is 7.90. The van der Waals surface area contributed by atoms with Crippen LogP contribution in [0, 0.1) is 0 Å². The molecule has 1 heterocycles. The number of para-hydroxylation sites is 1. The lowest BCUT2D eigenvalue weighted by Crippen LogP contribution is -2.41. The molecule has 0 saturated carbocycles. The summed E-state index contributed by atoms with van der Waals surface area (Å²) in [6.45, 7) is 5.93. The van der Waals surface area contributed by atoms with Gasteiger partial charge in [-0.1, -0.05) is 24.3 Å². The molecule has 2 aromatic rings. The largest absolute Gasteiger partial charge is 0.598 e. The van der Waals surface area contributed by atoms with Crippen LogP contribution in [0.1, 0.15) is 37.3 Å². The number of methoxy groups -OCH3 is 1. The van der Waals surface area contributed by atoms with Gasteiger partial charge in [0.15, 0.2) is 0 Å². The summed E-state index contributed by atoms with van der Waals surface area (Å²) >= 11 is 0.560. The first-order chi connectivity index (χ1) is 10.4. The maximum Gasteiger partial charge on any atom is 0.136 e. The molecule has 2 atom stereocenters. The van der Waals surface area contributed by atoms with E-state index in [0.717, 1.165) is 17.7 Å². The molecule has 3 nitrogen and oxygen atoms in total. The Kier molecular flexibility index (Phi) is 5.92. The molecule has 1 aromatic carbocycles. The zero-order valence-corrected chi connectivity index (χ0v) is 15.1. The number of nitrogens with one attached hydrogen (secondary N) is 1. The number of hydrogen-bond donors (Lipinski definition) is 1. The summed E-state index contributed by atoms with van der Waals surface area (Å²) in [6.07, 6.45) is 0.742. The Balaban J connectivity index is 2.22. The second-order valence-electron chi connectivity index (χ2n) is 6.08. The van der Waals surface area contributed by atoms with Crippen LogP contribution in [0.15, 0.2) is 41.8 Å². The summed E-state index contributed by atoms with van der Waals surface area (Å²) in [5.41, 5.74) is 1.11. The van der Waals surface area contributed by atoms with Crippen LogP contribution in [0.25, 0.3) is 0 Å². The molecule has 5 heteroatoms. The first kappa shape index (κ1) is 17.3. The second-order valence-corrected chi connectivity index (χ2v) is 9.06. The van der Waals surface area contributed by atoms with Gasteiger partial charge in [-0.25, -0.2) is 0 Å². The smallest absolute Gasteiger partial charge is 0.136 e. The van der Waals surface area contributed by atoms with Crippen molar-refractivity contribution in [2.24, 2.45) is 0 Å². The van der Waals surface area contributed by atoms with Gasteiger partial charge in [-0.3, -0.25) is 0 Å². The van der Waals surface area contributed by atoms with Crippen LogP contribution in [0.2, 0.25) is 0 Å². The van der Waals surface area contributed by atoms with E-state index in [4.69, 9.17) is 4.74 Å². The number of benzene rings is 1. The minimum atomic E-state index is -1.12. The van der Waals surface area contributed by atoms with E-state index in [1.807, 2.05) is 50.4 Å². The number of thiophene rings is 1. The fourth-order valence-corrected chi connectivity index (χ4v) is 3.76. The quantitative estimate of drug-likeness (QED) is 0.807. The Labute approximate surface area is 140 Å². The summed E-state index contributed by atoms with van der Waals surface area (Å²) in [5, 5.41) is 2.05. The second kappa shape index (κ2) is 7.51. The van der Waals surface area contributed by atoms with Gasteiger partial charge >= 0.3 is 0 Å². The van der Waals surface area contributed by atoms with E-state index in [0.29, 0.717) is 0 Å². The summed E-state index contributed by atoms with van der Waals surface area (Å²) < 4.78 is 20.9. The number of hydrogen-bond acceptors (Lipinski definition) is 4. The van der Waals surface area contributed by atoms with Gasteiger partial charge in [0.2, 0.25) is 0 Å². The molecule has 1 unspecified atom stereocenters. The van der Waals surface area contributed by atoms with Gasteiger partial charge in [0.25, 0.3) is 0 Å². The van der Waals surface area contributed by atoms with E-state index in [1.54, 1.807) is 18.4 Å². The highest BCUT2D eigenvalue weighted by atomic mass is 32.2. The molecule has 0 aliphatic carbocycles. The van der Waals surface area contributed by atoms with Crippen LogP contribution in [0.3, 0.4) is 0 Å². The number of ether oxygens (including phenoxy) is 1. The lowest BCUT2D eigenvalue weighted by molar-refractivity contribution is 0.407. The lowest BCUT2D eigenvalue weighted by Gasteiger charge is -2.28. The molecule has 0 spiro atoms. The summed E-state index contributed by atoms with van der Waals surface area (Å²) in [4.78, 5) is 1.18. The molecule has 120 valence electrons. The predicted molar refractivity (Wildman–Crippen MR) is 94.8 cm³/mol. The normalized spacial score (nSPS) is 14.6. The zero-order chi connectivity index (χ0) is 16.2. The average Bonchev–Trinajstić information content (AvgIpc) is 3.00. The molecule has 1 aromatic heterocycles. The Hall–Kier alpha value is -1.01. The van der Waals surface area contributed by atoms with Crippen LogP contribution in [0.4, 0.5) is 0 Å². The van der Waals surface area contributed by atoms with Crippen molar-refractivity contribution >= 4 is 22.7 Å². The Morgan fingerprint density at radius 1 is 1.23 bits per heavy atom. The molecular weight excluding hydrogens is 314 g/mol. The van der Waals surface area contributed by atoms with Crippen LogP contribution in [0.5, 0.6) is 5.75 Å². The van der Waals surface area contributed by atoms with E-state index in [-0.39, 0.29) is 10.8 Å². The summed E-state index contributed by atoms with van der Waals surface area (Å²) in [7, 11) is 1.68. The summed E-state index contributed by atoms with van der Waals surface area (Å²) in [5.74, 6) is 0.868. The first-order valence-electron chi connectivity index (χ1n) is 7.25. The van der Waals surface area contributed by atoms with Gasteiger partial charge in [-0.15, -0.1) is 16.1 Å². The molecule has 0 fully saturated rings. The van der Waals surface area contributed by atoms with Crippen LogP contribution < -0.4 is 9.46 Å². The Morgan fingerprint density at radius 2 is 1.95 bits per heavy atom. The lowest BCUT2D eigenvalue weighted by atomic mass is 10.0.